The number of hydrogen-bond donors (Lipinski definition) is 1. The van der Waals surface area contributed by atoms with Crippen LogP contribution >= 0.6 is 31.9 Å². The summed E-state index contributed by atoms with van der Waals surface area (Å²) in [5.74, 6) is -3.38. The smallest absolute Gasteiger partial charge is 0.328 e. The van der Waals surface area contributed by atoms with E-state index < -0.39 is 17.6 Å². The van der Waals surface area contributed by atoms with Crippen molar-refractivity contribution < 1.29 is 18.7 Å². The first-order valence-electron chi connectivity index (χ1n) is 3.67. The molecule has 1 aromatic rings. The van der Waals surface area contributed by atoms with Gasteiger partial charge in [0.1, 0.15) is 0 Å². The molecule has 0 unspecified atom stereocenters. The summed E-state index contributed by atoms with van der Waals surface area (Å²) in [5, 5.41) is 8.33. The highest BCUT2D eigenvalue weighted by atomic mass is 79.9. The fourth-order valence-electron chi connectivity index (χ4n) is 0.874. The van der Waals surface area contributed by atoms with Gasteiger partial charge in [-0.1, -0.05) is 0 Å². The number of carboxylic acids is 1. The molecule has 6 heteroatoms. The zero-order chi connectivity index (χ0) is 11.6. The summed E-state index contributed by atoms with van der Waals surface area (Å²) in [7, 11) is 0. The van der Waals surface area contributed by atoms with Gasteiger partial charge in [0.05, 0.1) is 4.47 Å². The zero-order valence-corrected chi connectivity index (χ0v) is 10.3. The maximum atomic E-state index is 13.2. The molecule has 0 atom stereocenters. The fourth-order valence-corrected chi connectivity index (χ4v) is 1.58. The summed E-state index contributed by atoms with van der Waals surface area (Å²) < 4.78 is 26.6. The highest BCUT2D eigenvalue weighted by molar-refractivity contribution is 9.13. The van der Waals surface area contributed by atoms with Gasteiger partial charge in [0.25, 0.3) is 0 Å². The van der Waals surface area contributed by atoms with E-state index in [1.54, 1.807) is 0 Å². The van der Waals surface area contributed by atoms with Crippen molar-refractivity contribution in [1.29, 1.82) is 0 Å². The van der Waals surface area contributed by atoms with Gasteiger partial charge >= 0.3 is 5.97 Å². The highest BCUT2D eigenvalue weighted by Gasteiger charge is 2.13. The minimum Gasteiger partial charge on any atom is -0.478 e. The van der Waals surface area contributed by atoms with E-state index in [0.717, 1.165) is 12.2 Å². The van der Waals surface area contributed by atoms with Gasteiger partial charge in [0.15, 0.2) is 11.6 Å². The van der Waals surface area contributed by atoms with Gasteiger partial charge in [0.2, 0.25) is 0 Å². The lowest BCUT2D eigenvalue weighted by Crippen LogP contribution is -1.93. The number of aliphatic carboxylic acids is 1. The average molecular weight is 342 g/mol. The molecule has 1 rings (SSSR count). The van der Waals surface area contributed by atoms with E-state index in [4.69, 9.17) is 5.11 Å². The summed E-state index contributed by atoms with van der Waals surface area (Å²) >= 11 is 5.85. The fraction of sp³-hybridized carbons (Fsp3) is 0. The second-order valence-corrected chi connectivity index (χ2v) is 4.21. The minimum absolute atomic E-state index is 0.0347. The molecule has 1 aromatic carbocycles. The minimum atomic E-state index is -1.23. The summed E-state index contributed by atoms with van der Waals surface area (Å²) in [6, 6.07) is 1.28. The predicted octanol–water partition coefficient (Wildman–Crippen LogP) is 3.59. The van der Waals surface area contributed by atoms with Gasteiger partial charge in [-0.15, -0.1) is 0 Å². The van der Waals surface area contributed by atoms with E-state index in [0.29, 0.717) is 4.47 Å². The lowest BCUT2D eigenvalue weighted by molar-refractivity contribution is -0.131. The molecule has 0 heterocycles. The number of hydrogen-bond acceptors (Lipinski definition) is 1. The molecule has 0 amide bonds. The second-order valence-electron chi connectivity index (χ2n) is 2.56. The van der Waals surface area contributed by atoms with Gasteiger partial charge < -0.3 is 5.11 Å². The number of benzene rings is 1. The molecule has 0 fully saturated rings. The van der Waals surface area contributed by atoms with Gasteiger partial charge in [0, 0.05) is 16.1 Å². The van der Waals surface area contributed by atoms with Gasteiger partial charge in [-0.2, -0.15) is 0 Å². The standard InChI is InChI=1S/C9H4Br2F2O2/c10-5-3-4(1-2-6(14)15)8(12)9(13)7(5)11/h1-3H,(H,14,15)/b2-1+. The highest BCUT2D eigenvalue weighted by Crippen LogP contribution is 2.30. The van der Waals surface area contributed by atoms with Crippen LogP contribution in [0.1, 0.15) is 5.56 Å². The molecule has 0 aliphatic heterocycles. The third kappa shape index (κ3) is 2.85. The van der Waals surface area contributed by atoms with Crippen LogP contribution in [-0.2, 0) is 4.79 Å². The maximum Gasteiger partial charge on any atom is 0.328 e. The quantitative estimate of drug-likeness (QED) is 0.507. The Labute approximate surface area is 101 Å². The van der Waals surface area contributed by atoms with Crippen molar-refractivity contribution in [3.05, 3.63) is 38.3 Å². The Bertz CT molecular complexity index is 444. The predicted molar refractivity (Wildman–Crippen MR) is 58.4 cm³/mol. The summed E-state index contributed by atoms with van der Waals surface area (Å²) in [5.41, 5.74) is -0.134. The zero-order valence-electron chi connectivity index (χ0n) is 7.10. The van der Waals surface area contributed by atoms with Crippen LogP contribution in [-0.4, -0.2) is 11.1 Å². The van der Waals surface area contributed by atoms with Crippen LogP contribution in [0.3, 0.4) is 0 Å². The lowest BCUT2D eigenvalue weighted by atomic mass is 10.2. The normalized spacial score (nSPS) is 10.9. The van der Waals surface area contributed by atoms with E-state index in [-0.39, 0.29) is 10.0 Å². The molecule has 0 aliphatic rings. The van der Waals surface area contributed by atoms with Crippen molar-refractivity contribution >= 4 is 43.9 Å². The Kier molecular flexibility index (Phi) is 3.98. The van der Waals surface area contributed by atoms with Gasteiger partial charge in [-0.05, 0) is 44.0 Å². The molecule has 0 spiro atoms. The summed E-state index contributed by atoms with van der Waals surface area (Å²) in [6.45, 7) is 0. The molecular formula is C9H4Br2F2O2. The van der Waals surface area contributed by atoms with Crippen LogP contribution < -0.4 is 0 Å². The Hall–Kier alpha value is -0.750. The number of carboxylic acid groups (broad SMARTS) is 1. The number of carbonyl (C=O) groups is 1. The molecule has 0 aliphatic carbocycles. The Morgan fingerprint density at radius 1 is 1.33 bits per heavy atom. The molecule has 0 bridgehead atoms. The van der Waals surface area contributed by atoms with Crippen molar-refractivity contribution in [2.75, 3.05) is 0 Å². The SMILES string of the molecule is O=C(O)/C=C/c1cc(Br)c(Br)c(F)c1F. The molecule has 0 aromatic heterocycles. The largest absolute Gasteiger partial charge is 0.478 e. The molecule has 80 valence electrons. The van der Waals surface area contributed by atoms with E-state index in [1.807, 2.05) is 0 Å². The van der Waals surface area contributed by atoms with Crippen LogP contribution in [0, 0.1) is 11.6 Å². The molecule has 0 saturated heterocycles. The van der Waals surface area contributed by atoms with Crippen LogP contribution in [0.25, 0.3) is 6.08 Å². The number of halogens is 4. The van der Waals surface area contributed by atoms with E-state index in [9.17, 15) is 13.6 Å². The van der Waals surface area contributed by atoms with Crippen LogP contribution in [0.5, 0.6) is 0 Å². The molecule has 1 N–H and O–H groups in total. The van der Waals surface area contributed by atoms with Crippen molar-refractivity contribution in [3.8, 4) is 0 Å². The lowest BCUT2D eigenvalue weighted by Gasteiger charge is -2.03. The van der Waals surface area contributed by atoms with E-state index >= 15 is 0 Å². The maximum absolute atomic E-state index is 13.2. The van der Waals surface area contributed by atoms with Crippen molar-refractivity contribution in [3.63, 3.8) is 0 Å². The van der Waals surface area contributed by atoms with Crippen molar-refractivity contribution in [1.82, 2.24) is 0 Å². The van der Waals surface area contributed by atoms with Crippen molar-refractivity contribution in [2.45, 2.75) is 0 Å². The topological polar surface area (TPSA) is 37.3 Å². The van der Waals surface area contributed by atoms with Gasteiger partial charge in [-0.25, -0.2) is 13.6 Å². The first kappa shape index (κ1) is 12.3. The van der Waals surface area contributed by atoms with Crippen LogP contribution in [0.15, 0.2) is 21.1 Å². The second kappa shape index (κ2) is 4.85. The Morgan fingerprint density at radius 3 is 2.47 bits per heavy atom. The molecule has 15 heavy (non-hydrogen) atoms. The van der Waals surface area contributed by atoms with Crippen LogP contribution in [0.2, 0.25) is 0 Å². The van der Waals surface area contributed by atoms with Gasteiger partial charge in [-0.3, -0.25) is 0 Å². The monoisotopic (exact) mass is 340 g/mol. The first-order valence-corrected chi connectivity index (χ1v) is 5.26. The Balaban J connectivity index is 3.26. The first-order chi connectivity index (χ1) is 6.93. The third-order valence-electron chi connectivity index (χ3n) is 1.54. The average Bonchev–Trinajstić information content (AvgIpc) is 2.18. The molecule has 0 radical (unpaired) electrons. The van der Waals surface area contributed by atoms with Crippen LogP contribution in [0.4, 0.5) is 8.78 Å². The molecule has 0 saturated carbocycles. The summed E-state index contributed by atoms with van der Waals surface area (Å²) in [6.07, 6.45) is 1.72. The summed E-state index contributed by atoms with van der Waals surface area (Å²) in [4.78, 5) is 10.2. The van der Waals surface area contributed by atoms with E-state index in [1.165, 1.54) is 6.07 Å². The number of rotatable bonds is 2. The Morgan fingerprint density at radius 2 is 1.93 bits per heavy atom. The molecular weight excluding hydrogens is 338 g/mol. The molecule has 2 nitrogen and oxygen atoms in total. The van der Waals surface area contributed by atoms with Crippen molar-refractivity contribution in [2.24, 2.45) is 0 Å². The van der Waals surface area contributed by atoms with E-state index in [2.05, 4.69) is 31.9 Å². The third-order valence-corrected chi connectivity index (χ3v) is 3.47.